The lowest BCUT2D eigenvalue weighted by Crippen LogP contribution is -2.32. The number of hydrogen-bond acceptors (Lipinski definition) is 4. The maximum Gasteiger partial charge on any atom is 0.329 e. The molecule has 2 amide bonds. The largest absolute Gasteiger partial charge is 0.460 e. The third kappa shape index (κ3) is 3.80. The van der Waals surface area contributed by atoms with E-state index in [1.54, 1.807) is 12.1 Å². The van der Waals surface area contributed by atoms with Crippen molar-refractivity contribution in [2.75, 3.05) is 5.32 Å². The van der Waals surface area contributed by atoms with Gasteiger partial charge in [-0.2, -0.15) is 5.10 Å². The number of para-hydroxylation sites is 1. The first-order chi connectivity index (χ1) is 12.6. The van der Waals surface area contributed by atoms with Crippen LogP contribution in [0.1, 0.15) is 23.8 Å². The molecule has 3 rings (SSSR count). The molecule has 0 unspecified atom stereocenters. The second kappa shape index (κ2) is 7.65. The molecule has 2 aromatic carbocycles. The number of rotatable bonds is 4. The summed E-state index contributed by atoms with van der Waals surface area (Å²) in [6, 6.07) is 14.8. The fourth-order valence-electron chi connectivity index (χ4n) is 2.55. The number of aryl methyl sites for hydroxylation is 2. The Morgan fingerprint density at radius 1 is 1.08 bits per heavy atom. The van der Waals surface area contributed by atoms with Crippen LogP contribution in [0.25, 0.3) is 11.0 Å². The highest BCUT2D eigenvalue weighted by Crippen LogP contribution is 2.24. The van der Waals surface area contributed by atoms with Gasteiger partial charge in [0.25, 0.3) is 0 Å². The summed E-state index contributed by atoms with van der Waals surface area (Å²) in [7, 11) is 0. The first-order valence-electron chi connectivity index (χ1n) is 8.30. The van der Waals surface area contributed by atoms with Crippen LogP contribution in [-0.4, -0.2) is 18.0 Å². The van der Waals surface area contributed by atoms with Crippen molar-refractivity contribution in [1.29, 1.82) is 0 Å². The standard InChI is InChI=1S/C20H19N3O3/c1-3-17-16(15-6-4-5-7-18(15)26-17)12-21-23-20(25)19(24)22-14-10-8-13(2)9-11-14/h4-12H,3H2,1-2H3,(H,22,24)(H,23,25)/b21-12-. The third-order valence-electron chi connectivity index (χ3n) is 3.91. The Balaban J connectivity index is 1.67. The van der Waals surface area contributed by atoms with E-state index in [4.69, 9.17) is 4.42 Å². The molecule has 0 aliphatic rings. The molecular weight excluding hydrogens is 330 g/mol. The van der Waals surface area contributed by atoms with Gasteiger partial charge >= 0.3 is 11.8 Å². The SMILES string of the molecule is CCc1oc2ccccc2c1/C=N\NC(=O)C(=O)Nc1ccc(C)cc1. The van der Waals surface area contributed by atoms with Crippen LogP contribution in [0, 0.1) is 6.92 Å². The summed E-state index contributed by atoms with van der Waals surface area (Å²) in [4.78, 5) is 23.8. The molecule has 2 N–H and O–H groups in total. The molecule has 6 nitrogen and oxygen atoms in total. The first kappa shape index (κ1) is 17.4. The maximum absolute atomic E-state index is 11.9. The molecule has 0 saturated carbocycles. The topological polar surface area (TPSA) is 83.7 Å². The average Bonchev–Trinajstić information content (AvgIpc) is 3.01. The molecular formula is C20H19N3O3. The van der Waals surface area contributed by atoms with Crippen molar-refractivity contribution < 1.29 is 14.0 Å². The van der Waals surface area contributed by atoms with E-state index in [2.05, 4.69) is 15.8 Å². The molecule has 132 valence electrons. The summed E-state index contributed by atoms with van der Waals surface area (Å²) >= 11 is 0. The number of hydrazone groups is 1. The van der Waals surface area contributed by atoms with Crippen molar-refractivity contribution in [3.63, 3.8) is 0 Å². The Kier molecular flexibility index (Phi) is 5.12. The zero-order valence-corrected chi connectivity index (χ0v) is 14.6. The van der Waals surface area contributed by atoms with E-state index in [1.807, 2.05) is 50.2 Å². The summed E-state index contributed by atoms with van der Waals surface area (Å²) in [5.74, 6) is -0.847. The van der Waals surface area contributed by atoms with Crippen LogP contribution in [0.15, 0.2) is 58.0 Å². The molecule has 0 radical (unpaired) electrons. The quantitative estimate of drug-likeness (QED) is 0.430. The van der Waals surface area contributed by atoms with Crippen molar-refractivity contribution in [2.45, 2.75) is 20.3 Å². The number of nitrogens with zero attached hydrogens (tertiary/aromatic N) is 1. The van der Waals surface area contributed by atoms with Gasteiger partial charge in [-0.1, -0.05) is 42.8 Å². The lowest BCUT2D eigenvalue weighted by atomic mass is 10.1. The van der Waals surface area contributed by atoms with Crippen molar-refractivity contribution in [3.05, 3.63) is 65.4 Å². The predicted molar refractivity (Wildman–Crippen MR) is 101 cm³/mol. The molecule has 0 aliphatic carbocycles. The Bertz CT molecular complexity index is 972. The molecule has 1 heterocycles. The predicted octanol–water partition coefficient (Wildman–Crippen LogP) is 3.39. The normalized spacial score (nSPS) is 11.0. The van der Waals surface area contributed by atoms with Gasteiger partial charge in [0.1, 0.15) is 11.3 Å². The van der Waals surface area contributed by atoms with Gasteiger partial charge in [0, 0.05) is 23.1 Å². The van der Waals surface area contributed by atoms with E-state index < -0.39 is 11.8 Å². The number of furan rings is 1. The van der Waals surface area contributed by atoms with E-state index in [1.165, 1.54) is 6.21 Å². The van der Waals surface area contributed by atoms with Gasteiger partial charge in [-0.05, 0) is 25.1 Å². The highest BCUT2D eigenvalue weighted by atomic mass is 16.3. The fraction of sp³-hybridized carbons (Fsp3) is 0.150. The second-order valence-electron chi connectivity index (χ2n) is 5.81. The van der Waals surface area contributed by atoms with Gasteiger partial charge in [0.05, 0.1) is 6.21 Å². The fourth-order valence-corrected chi connectivity index (χ4v) is 2.55. The molecule has 0 fully saturated rings. The van der Waals surface area contributed by atoms with Gasteiger partial charge < -0.3 is 9.73 Å². The van der Waals surface area contributed by atoms with Crippen molar-refractivity contribution in [1.82, 2.24) is 5.43 Å². The Hall–Kier alpha value is -3.41. The Labute approximate surface area is 150 Å². The highest BCUT2D eigenvalue weighted by Gasteiger charge is 2.14. The Morgan fingerprint density at radius 2 is 1.81 bits per heavy atom. The zero-order valence-electron chi connectivity index (χ0n) is 14.6. The van der Waals surface area contributed by atoms with E-state index in [-0.39, 0.29) is 0 Å². The molecule has 0 bridgehead atoms. The van der Waals surface area contributed by atoms with Crippen LogP contribution >= 0.6 is 0 Å². The lowest BCUT2D eigenvalue weighted by molar-refractivity contribution is -0.136. The summed E-state index contributed by atoms with van der Waals surface area (Å²) in [6.07, 6.45) is 2.19. The minimum Gasteiger partial charge on any atom is -0.460 e. The summed E-state index contributed by atoms with van der Waals surface area (Å²) in [6.45, 7) is 3.92. The van der Waals surface area contributed by atoms with E-state index >= 15 is 0 Å². The average molecular weight is 349 g/mol. The molecule has 26 heavy (non-hydrogen) atoms. The summed E-state index contributed by atoms with van der Waals surface area (Å²) in [5.41, 5.74) is 5.41. The van der Waals surface area contributed by atoms with Gasteiger partial charge in [-0.3, -0.25) is 9.59 Å². The molecule has 0 aliphatic heterocycles. The number of carbonyl (C=O) groups is 2. The van der Waals surface area contributed by atoms with Crippen LogP contribution in [0.2, 0.25) is 0 Å². The van der Waals surface area contributed by atoms with Gasteiger partial charge in [-0.25, -0.2) is 5.43 Å². The number of carbonyl (C=O) groups excluding carboxylic acids is 2. The summed E-state index contributed by atoms with van der Waals surface area (Å²) < 4.78 is 5.76. The van der Waals surface area contributed by atoms with Crippen LogP contribution in [0.4, 0.5) is 5.69 Å². The van der Waals surface area contributed by atoms with Gasteiger partial charge in [0.2, 0.25) is 0 Å². The Morgan fingerprint density at radius 3 is 2.54 bits per heavy atom. The molecule has 0 saturated heterocycles. The first-order valence-corrected chi connectivity index (χ1v) is 8.30. The molecule has 3 aromatic rings. The lowest BCUT2D eigenvalue weighted by Gasteiger charge is -2.04. The monoisotopic (exact) mass is 349 g/mol. The molecule has 6 heteroatoms. The minimum atomic E-state index is -0.840. The zero-order chi connectivity index (χ0) is 18.5. The van der Waals surface area contributed by atoms with Crippen LogP contribution < -0.4 is 10.7 Å². The van der Waals surface area contributed by atoms with Crippen molar-refractivity contribution in [3.8, 4) is 0 Å². The minimum absolute atomic E-state index is 0.550. The molecule has 1 aromatic heterocycles. The molecule has 0 spiro atoms. The second-order valence-corrected chi connectivity index (χ2v) is 5.81. The van der Waals surface area contributed by atoms with Gasteiger partial charge in [-0.15, -0.1) is 0 Å². The summed E-state index contributed by atoms with van der Waals surface area (Å²) in [5, 5.41) is 7.33. The number of nitrogens with one attached hydrogen (secondary N) is 2. The van der Waals surface area contributed by atoms with E-state index in [0.29, 0.717) is 12.1 Å². The van der Waals surface area contributed by atoms with E-state index in [9.17, 15) is 9.59 Å². The van der Waals surface area contributed by atoms with E-state index in [0.717, 1.165) is 27.9 Å². The van der Waals surface area contributed by atoms with Crippen molar-refractivity contribution >= 4 is 34.7 Å². The number of benzene rings is 2. The smallest absolute Gasteiger partial charge is 0.329 e. The third-order valence-corrected chi connectivity index (χ3v) is 3.91. The van der Waals surface area contributed by atoms with Crippen molar-refractivity contribution in [2.24, 2.45) is 5.10 Å². The molecule has 0 atom stereocenters. The number of anilines is 1. The van der Waals surface area contributed by atoms with Gasteiger partial charge in [0.15, 0.2) is 0 Å². The maximum atomic E-state index is 11.9. The van der Waals surface area contributed by atoms with Crippen LogP contribution in [0.5, 0.6) is 0 Å². The number of fused-ring (bicyclic) bond motifs is 1. The van der Waals surface area contributed by atoms with Crippen LogP contribution in [-0.2, 0) is 16.0 Å². The van der Waals surface area contributed by atoms with Crippen LogP contribution in [0.3, 0.4) is 0 Å². The highest BCUT2D eigenvalue weighted by molar-refractivity contribution is 6.39. The number of hydrogen-bond donors (Lipinski definition) is 2. The number of amides is 2.